The zero-order valence-electron chi connectivity index (χ0n) is 11.7. The Morgan fingerprint density at radius 2 is 1.85 bits per heavy atom. The highest BCUT2D eigenvalue weighted by Gasteiger charge is 2.17. The number of nitrogens with zero attached hydrogens (tertiary/aromatic N) is 4. The Kier molecular flexibility index (Phi) is 2.62. The van der Waals surface area contributed by atoms with E-state index in [9.17, 15) is 0 Å². The van der Waals surface area contributed by atoms with Crippen molar-refractivity contribution >= 4 is 22.5 Å². The van der Waals surface area contributed by atoms with Crippen LogP contribution in [0.25, 0.3) is 16.7 Å². The minimum atomic E-state index is 0.976. The molecule has 4 heteroatoms. The van der Waals surface area contributed by atoms with Crippen LogP contribution >= 0.6 is 0 Å². The first-order valence-corrected chi connectivity index (χ1v) is 7.32. The first kappa shape index (κ1) is 11.7. The van der Waals surface area contributed by atoms with Crippen molar-refractivity contribution in [2.24, 2.45) is 0 Å². The van der Waals surface area contributed by atoms with Crippen LogP contribution < -0.4 is 4.90 Å². The topological polar surface area (TPSA) is 33.4 Å². The van der Waals surface area contributed by atoms with E-state index >= 15 is 0 Å². The summed E-state index contributed by atoms with van der Waals surface area (Å²) in [6.07, 6.45) is 5.89. The fourth-order valence-electron chi connectivity index (χ4n) is 3.16. The predicted octanol–water partition coefficient (Wildman–Crippen LogP) is 3.18. The van der Waals surface area contributed by atoms with Crippen LogP contribution in [0.4, 0.5) is 5.82 Å². The lowest BCUT2D eigenvalue weighted by Crippen LogP contribution is -2.30. The van der Waals surface area contributed by atoms with Crippen LogP contribution in [-0.2, 0) is 0 Å². The van der Waals surface area contributed by atoms with Crippen LogP contribution in [0.2, 0.25) is 0 Å². The van der Waals surface area contributed by atoms with Gasteiger partial charge in [-0.15, -0.1) is 0 Å². The molecule has 4 nitrogen and oxygen atoms in total. The molecule has 3 aromatic rings. The maximum Gasteiger partial charge on any atom is 0.160 e. The van der Waals surface area contributed by atoms with Crippen molar-refractivity contribution in [2.75, 3.05) is 18.0 Å². The average Bonchev–Trinajstić information content (AvgIpc) is 2.94. The third-order valence-corrected chi connectivity index (χ3v) is 4.16. The molecule has 3 heterocycles. The predicted molar refractivity (Wildman–Crippen MR) is 81.3 cm³/mol. The van der Waals surface area contributed by atoms with E-state index in [1.54, 1.807) is 0 Å². The number of rotatable bonds is 1. The lowest BCUT2D eigenvalue weighted by Gasteiger charge is -2.28. The van der Waals surface area contributed by atoms with Gasteiger partial charge in [0.2, 0.25) is 0 Å². The number of benzene rings is 1. The number of aromatic nitrogens is 3. The standard InChI is InChI=1S/C16H18N4/c1-12-16-17-11-15(19-9-5-2-6-10-19)20(16)14-8-4-3-7-13(14)18-12/h3-4,7-8,11H,2,5-6,9-10H2,1H3. The van der Waals surface area contributed by atoms with E-state index in [0.29, 0.717) is 0 Å². The van der Waals surface area contributed by atoms with Gasteiger partial charge in [-0.2, -0.15) is 0 Å². The second-order valence-corrected chi connectivity index (χ2v) is 5.51. The summed E-state index contributed by atoms with van der Waals surface area (Å²) in [7, 11) is 0. The van der Waals surface area contributed by atoms with Crippen LogP contribution in [0.5, 0.6) is 0 Å². The highest BCUT2D eigenvalue weighted by molar-refractivity contribution is 5.80. The zero-order chi connectivity index (χ0) is 13.5. The van der Waals surface area contributed by atoms with Gasteiger partial charge in [0.1, 0.15) is 5.82 Å². The van der Waals surface area contributed by atoms with Crippen molar-refractivity contribution < 1.29 is 0 Å². The minimum absolute atomic E-state index is 0.976. The van der Waals surface area contributed by atoms with Crippen molar-refractivity contribution in [3.8, 4) is 0 Å². The summed E-state index contributed by atoms with van der Waals surface area (Å²) in [6.45, 7) is 4.29. The van der Waals surface area contributed by atoms with Crippen LogP contribution in [0.1, 0.15) is 25.0 Å². The number of piperidine rings is 1. The van der Waals surface area contributed by atoms with Crippen molar-refractivity contribution in [3.05, 3.63) is 36.2 Å². The molecule has 4 rings (SSSR count). The largest absolute Gasteiger partial charge is 0.356 e. The summed E-state index contributed by atoms with van der Waals surface area (Å²) in [6, 6.07) is 8.31. The average molecular weight is 266 g/mol. The molecule has 1 aliphatic rings. The Hall–Kier alpha value is -2.10. The van der Waals surface area contributed by atoms with E-state index in [1.165, 1.54) is 25.1 Å². The van der Waals surface area contributed by atoms with Gasteiger partial charge in [-0.05, 0) is 38.3 Å². The summed E-state index contributed by atoms with van der Waals surface area (Å²) in [5.41, 5.74) is 4.15. The van der Waals surface area contributed by atoms with E-state index in [-0.39, 0.29) is 0 Å². The van der Waals surface area contributed by atoms with Crippen LogP contribution in [0.3, 0.4) is 0 Å². The molecule has 0 spiro atoms. The van der Waals surface area contributed by atoms with Crippen LogP contribution in [0, 0.1) is 6.92 Å². The lowest BCUT2D eigenvalue weighted by atomic mass is 10.1. The molecule has 2 aromatic heterocycles. The highest BCUT2D eigenvalue weighted by Crippen LogP contribution is 2.26. The quantitative estimate of drug-likeness (QED) is 0.678. The van der Waals surface area contributed by atoms with E-state index in [2.05, 4.69) is 37.5 Å². The van der Waals surface area contributed by atoms with Crippen molar-refractivity contribution in [2.45, 2.75) is 26.2 Å². The summed E-state index contributed by atoms with van der Waals surface area (Å²) >= 11 is 0. The number of hydrogen-bond donors (Lipinski definition) is 0. The molecule has 0 bridgehead atoms. The van der Waals surface area contributed by atoms with Gasteiger partial charge in [0, 0.05) is 13.1 Å². The number of anilines is 1. The molecule has 1 aliphatic heterocycles. The summed E-state index contributed by atoms with van der Waals surface area (Å²) < 4.78 is 2.27. The fourth-order valence-corrected chi connectivity index (χ4v) is 3.16. The number of para-hydroxylation sites is 2. The Morgan fingerprint density at radius 1 is 1.05 bits per heavy atom. The maximum atomic E-state index is 4.66. The van der Waals surface area contributed by atoms with Crippen molar-refractivity contribution in [3.63, 3.8) is 0 Å². The van der Waals surface area contributed by atoms with Gasteiger partial charge < -0.3 is 4.90 Å². The van der Waals surface area contributed by atoms with Crippen LogP contribution in [0.15, 0.2) is 30.5 Å². The highest BCUT2D eigenvalue weighted by atomic mass is 15.3. The Morgan fingerprint density at radius 3 is 2.70 bits per heavy atom. The number of fused-ring (bicyclic) bond motifs is 3. The second-order valence-electron chi connectivity index (χ2n) is 5.51. The van der Waals surface area contributed by atoms with Gasteiger partial charge in [0.05, 0.1) is 22.9 Å². The Balaban J connectivity index is 2.02. The van der Waals surface area contributed by atoms with Crippen molar-refractivity contribution in [1.82, 2.24) is 14.4 Å². The third-order valence-electron chi connectivity index (χ3n) is 4.16. The molecule has 1 fully saturated rings. The SMILES string of the molecule is Cc1nc2ccccc2n2c(N3CCCCC3)cnc12. The molecule has 0 N–H and O–H groups in total. The number of imidazole rings is 1. The van der Waals surface area contributed by atoms with Gasteiger partial charge in [-0.1, -0.05) is 12.1 Å². The molecule has 102 valence electrons. The summed E-state index contributed by atoms with van der Waals surface area (Å²) in [5.74, 6) is 1.21. The summed E-state index contributed by atoms with van der Waals surface area (Å²) in [4.78, 5) is 11.7. The normalized spacial score (nSPS) is 16.1. The molecule has 0 unspecified atom stereocenters. The number of aryl methyl sites for hydroxylation is 1. The first-order valence-electron chi connectivity index (χ1n) is 7.32. The summed E-state index contributed by atoms with van der Waals surface area (Å²) in [5, 5.41) is 0. The molecule has 0 saturated carbocycles. The second kappa shape index (κ2) is 4.47. The molecule has 0 atom stereocenters. The smallest absolute Gasteiger partial charge is 0.160 e. The van der Waals surface area contributed by atoms with E-state index in [4.69, 9.17) is 0 Å². The molecular weight excluding hydrogens is 248 g/mol. The van der Waals surface area contributed by atoms with Gasteiger partial charge in [-0.3, -0.25) is 4.40 Å². The van der Waals surface area contributed by atoms with E-state index in [0.717, 1.165) is 35.5 Å². The monoisotopic (exact) mass is 266 g/mol. The van der Waals surface area contributed by atoms with Gasteiger partial charge in [0.25, 0.3) is 0 Å². The number of hydrogen-bond acceptors (Lipinski definition) is 3. The molecule has 1 aromatic carbocycles. The first-order chi connectivity index (χ1) is 9.84. The fraction of sp³-hybridized carbons (Fsp3) is 0.375. The molecule has 0 aliphatic carbocycles. The van der Waals surface area contributed by atoms with Gasteiger partial charge in [-0.25, -0.2) is 9.97 Å². The molecule has 1 saturated heterocycles. The third kappa shape index (κ3) is 1.68. The molecule has 0 amide bonds. The van der Waals surface area contributed by atoms with E-state index < -0.39 is 0 Å². The zero-order valence-corrected chi connectivity index (χ0v) is 11.7. The molecule has 0 radical (unpaired) electrons. The van der Waals surface area contributed by atoms with Gasteiger partial charge >= 0.3 is 0 Å². The lowest BCUT2D eigenvalue weighted by molar-refractivity contribution is 0.573. The van der Waals surface area contributed by atoms with Gasteiger partial charge in [0.15, 0.2) is 5.65 Å². The minimum Gasteiger partial charge on any atom is -0.356 e. The molecule has 20 heavy (non-hydrogen) atoms. The van der Waals surface area contributed by atoms with E-state index in [1.807, 2.05) is 19.2 Å². The molecular formula is C16H18N4. The van der Waals surface area contributed by atoms with Crippen molar-refractivity contribution in [1.29, 1.82) is 0 Å². The van der Waals surface area contributed by atoms with Crippen LogP contribution in [-0.4, -0.2) is 27.5 Å². The Bertz CT molecular complexity index is 769. The Labute approximate surface area is 118 Å². The maximum absolute atomic E-state index is 4.66.